The molecule has 4 nitrogen and oxygen atoms in total. The molecule has 3 atom stereocenters. The van der Waals surface area contributed by atoms with Crippen molar-refractivity contribution >= 4 is 11.5 Å². The van der Waals surface area contributed by atoms with Crippen LogP contribution in [0.4, 0.5) is 5.69 Å². The highest BCUT2D eigenvalue weighted by Gasteiger charge is 2.41. The van der Waals surface area contributed by atoms with Crippen LogP contribution in [0.2, 0.25) is 0 Å². The van der Waals surface area contributed by atoms with Gasteiger partial charge in [0.2, 0.25) is 0 Å². The average Bonchev–Trinajstić information content (AvgIpc) is 3.25. The number of hydrogen-bond donors (Lipinski definition) is 1. The second-order valence-electron chi connectivity index (χ2n) is 6.96. The number of carbonyl (C=O) groups excluding carboxylic acids is 1. The maximum Gasteiger partial charge on any atom is 0.163 e. The molecule has 0 aliphatic heterocycles. The van der Waals surface area contributed by atoms with E-state index >= 15 is 0 Å². The second kappa shape index (κ2) is 5.91. The van der Waals surface area contributed by atoms with Crippen molar-refractivity contribution in [3.8, 4) is 11.5 Å². The highest BCUT2D eigenvalue weighted by Crippen LogP contribution is 2.47. The van der Waals surface area contributed by atoms with E-state index in [1.165, 1.54) is 25.7 Å². The maximum absolute atomic E-state index is 11.4. The summed E-state index contributed by atoms with van der Waals surface area (Å²) >= 11 is 0. The second-order valence-corrected chi connectivity index (χ2v) is 6.96. The normalized spacial score (nSPS) is 28.8. The summed E-state index contributed by atoms with van der Waals surface area (Å²) in [6, 6.07) is 5.90. The highest BCUT2D eigenvalue weighted by molar-refractivity contribution is 5.93. The number of ether oxygens (including phenoxy) is 2. The smallest absolute Gasteiger partial charge is 0.163 e. The Kier molecular flexibility index (Phi) is 3.76. The Balaban J connectivity index is 1.51. The third-order valence-corrected chi connectivity index (χ3v) is 5.40. The molecule has 2 fully saturated rings. The van der Waals surface area contributed by atoms with Crippen molar-refractivity contribution in [3.63, 3.8) is 0 Å². The fourth-order valence-electron chi connectivity index (χ4n) is 4.22. The van der Waals surface area contributed by atoms with Crippen LogP contribution in [-0.4, -0.2) is 19.0 Å². The van der Waals surface area contributed by atoms with Gasteiger partial charge in [-0.3, -0.25) is 4.79 Å². The lowest BCUT2D eigenvalue weighted by Gasteiger charge is -2.24. The van der Waals surface area contributed by atoms with Gasteiger partial charge in [0.25, 0.3) is 0 Å². The number of hydrogen-bond acceptors (Lipinski definition) is 4. The van der Waals surface area contributed by atoms with E-state index in [0.717, 1.165) is 35.2 Å². The molecule has 0 saturated heterocycles. The zero-order chi connectivity index (χ0) is 15.8. The van der Waals surface area contributed by atoms with Crippen molar-refractivity contribution in [2.45, 2.75) is 44.6 Å². The minimum Gasteiger partial charge on any atom is -0.493 e. The molecule has 2 bridgehead atoms. The Hall–Kier alpha value is -1.97. The first kappa shape index (κ1) is 14.6. The van der Waals surface area contributed by atoms with Gasteiger partial charge in [0.1, 0.15) is 6.10 Å². The number of allylic oxidation sites excluding steroid dienone is 2. The third kappa shape index (κ3) is 2.94. The quantitative estimate of drug-likeness (QED) is 0.895. The van der Waals surface area contributed by atoms with Crippen molar-refractivity contribution in [2.75, 3.05) is 12.4 Å². The molecule has 122 valence electrons. The number of rotatable bonds is 5. The van der Waals surface area contributed by atoms with Crippen LogP contribution in [0.15, 0.2) is 30.0 Å². The lowest BCUT2D eigenvalue weighted by atomic mass is 9.98. The van der Waals surface area contributed by atoms with E-state index < -0.39 is 0 Å². The van der Waals surface area contributed by atoms with Gasteiger partial charge in [-0.1, -0.05) is 0 Å². The molecule has 0 heterocycles. The number of benzene rings is 1. The Bertz CT molecular complexity index is 652. The molecular weight excluding hydrogens is 290 g/mol. The van der Waals surface area contributed by atoms with E-state index in [1.807, 2.05) is 18.2 Å². The number of nitrogens with one attached hydrogen (secondary N) is 1. The van der Waals surface area contributed by atoms with Gasteiger partial charge >= 0.3 is 0 Å². The summed E-state index contributed by atoms with van der Waals surface area (Å²) in [5, 5.41) is 3.33. The molecule has 3 aliphatic rings. The maximum atomic E-state index is 11.4. The predicted octanol–water partition coefficient (Wildman–Crippen LogP) is 3.92. The SMILES string of the molecule is COc1ccc(NC2=CC(=O)CC2)cc1O[C@@H]1C[C@H]2CC[C@@H]1C2. The van der Waals surface area contributed by atoms with Crippen LogP contribution in [0, 0.1) is 11.8 Å². The van der Waals surface area contributed by atoms with Crippen LogP contribution in [0.25, 0.3) is 0 Å². The van der Waals surface area contributed by atoms with Crippen LogP contribution in [0.5, 0.6) is 11.5 Å². The zero-order valence-electron chi connectivity index (χ0n) is 13.5. The Morgan fingerprint density at radius 3 is 2.70 bits per heavy atom. The minimum absolute atomic E-state index is 0.194. The van der Waals surface area contributed by atoms with E-state index in [-0.39, 0.29) is 5.78 Å². The number of fused-ring (bicyclic) bond motifs is 2. The lowest BCUT2D eigenvalue weighted by Crippen LogP contribution is -2.23. The van der Waals surface area contributed by atoms with Gasteiger partial charge < -0.3 is 14.8 Å². The zero-order valence-corrected chi connectivity index (χ0v) is 13.5. The van der Waals surface area contributed by atoms with Crippen LogP contribution in [-0.2, 0) is 4.79 Å². The van der Waals surface area contributed by atoms with E-state index in [1.54, 1.807) is 13.2 Å². The largest absolute Gasteiger partial charge is 0.493 e. The van der Waals surface area contributed by atoms with Crippen molar-refractivity contribution in [1.29, 1.82) is 0 Å². The van der Waals surface area contributed by atoms with Crippen LogP contribution < -0.4 is 14.8 Å². The molecule has 4 rings (SSSR count). The summed E-state index contributed by atoms with van der Waals surface area (Å²) in [6.45, 7) is 0. The van der Waals surface area contributed by atoms with Crippen LogP contribution in [0.1, 0.15) is 38.5 Å². The van der Waals surface area contributed by atoms with Gasteiger partial charge in [-0.15, -0.1) is 0 Å². The topological polar surface area (TPSA) is 47.6 Å². The molecule has 23 heavy (non-hydrogen) atoms. The molecule has 1 aromatic rings. The van der Waals surface area contributed by atoms with Gasteiger partial charge in [0, 0.05) is 29.9 Å². The molecule has 0 unspecified atom stereocenters. The molecule has 4 heteroatoms. The van der Waals surface area contributed by atoms with Crippen LogP contribution >= 0.6 is 0 Å². The van der Waals surface area contributed by atoms with Gasteiger partial charge in [0.15, 0.2) is 17.3 Å². The highest BCUT2D eigenvalue weighted by atomic mass is 16.5. The summed E-state index contributed by atoms with van der Waals surface area (Å²) < 4.78 is 11.8. The van der Waals surface area contributed by atoms with E-state index in [9.17, 15) is 4.79 Å². The Morgan fingerprint density at radius 1 is 1.13 bits per heavy atom. The lowest BCUT2D eigenvalue weighted by molar-refractivity contribution is -0.114. The van der Waals surface area contributed by atoms with Crippen LogP contribution in [0.3, 0.4) is 0 Å². The Labute approximate surface area is 136 Å². The summed E-state index contributed by atoms with van der Waals surface area (Å²) in [5.41, 5.74) is 1.93. The molecule has 0 spiro atoms. The molecule has 0 radical (unpaired) electrons. The van der Waals surface area contributed by atoms with Crippen molar-refractivity contribution < 1.29 is 14.3 Å². The molecular formula is C19H23NO3. The first-order valence-electron chi connectivity index (χ1n) is 8.56. The molecule has 1 aromatic carbocycles. The number of methoxy groups -OCH3 is 1. The van der Waals surface area contributed by atoms with Gasteiger partial charge in [0.05, 0.1) is 7.11 Å². The van der Waals surface area contributed by atoms with E-state index in [0.29, 0.717) is 18.4 Å². The number of carbonyl (C=O) groups is 1. The molecule has 2 saturated carbocycles. The summed E-state index contributed by atoms with van der Waals surface area (Å²) in [5.74, 6) is 3.33. The van der Waals surface area contributed by atoms with Crippen molar-refractivity contribution in [2.24, 2.45) is 11.8 Å². The first-order valence-corrected chi connectivity index (χ1v) is 8.56. The molecule has 0 aromatic heterocycles. The van der Waals surface area contributed by atoms with Crippen molar-refractivity contribution in [3.05, 3.63) is 30.0 Å². The van der Waals surface area contributed by atoms with E-state index in [2.05, 4.69) is 5.32 Å². The van der Waals surface area contributed by atoms with Gasteiger partial charge in [-0.25, -0.2) is 0 Å². The standard InChI is InChI=1S/C19H23NO3/c1-22-17-7-5-15(20-14-4-6-16(21)10-14)11-19(17)23-18-9-12-2-3-13(18)8-12/h5,7,10-13,18,20H,2-4,6,8-9H2,1H3/t12-,13+,18+/m0/s1. The summed E-state index contributed by atoms with van der Waals surface area (Å²) in [4.78, 5) is 11.4. The molecule has 0 amide bonds. The molecule has 1 N–H and O–H groups in total. The minimum atomic E-state index is 0.194. The number of anilines is 1. The summed E-state index contributed by atoms with van der Waals surface area (Å²) in [6.07, 6.45) is 8.56. The molecule has 3 aliphatic carbocycles. The fraction of sp³-hybridized carbons (Fsp3) is 0.526. The van der Waals surface area contributed by atoms with E-state index in [4.69, 9.17) is 9.47 Å². The third-order valence-electron chi connectivity index (χ3n) is 5.40. The van der Waals surface area contributed by atoms with Gasteiger partial charge in [-0.2, -0.15) is 0 Å². The first-order chi connectivity index (χ1) is 11.2. The number of ketones is 1. The fourth-order valence-corrected chi connectivity index (χ4v) is 4.22. The predicted molar refractivity (Wildman–Crippen MR) is 88.8 cm³/mol. The average molecular weight is 313 g/mol. The summed E-state index contributed by atoms with van der Waals surface area (Å²) in [7, 11) is 1.67. The monoisotopic (exact) mass is 313 g/mol. The van der Waals surface area contributed by atoms with Gasteiger partial charge in [-0.05, 0) is 56.1 Å². The Morgan fingerprint density at radius 2 is 2.04 bits per heavy atom. The van der Waals surface area contributed by atoms with Crippen molar-refractivity contribution in [1.82, 2.24) is 0 Å².